The molecular formula is C17H26N2O. The molecule has 0 spiro atoms. The first kappa shape index (κ1) is 13.9. The number of benzene rings is 1. The highest BCUT2D eigenvalue weighted by Gasteiger charge is 2.34. The van der Waals surface area contributed by atoms with Crippen LogP contribution in [-0.2, 0) is 4.74 Å². The number of ether oxygens (including phenoxy) is 1. The lowest BCUT2D eigenvalue weighted by Crippen LogP contribution is -2.39. The van der Waals surface area contributed by atoms with Gasteiger partial charge in [-0.1, -0.05) is 18.2 Å². The minimum atomic E-state index is 0.0630. The molecule has 0 aliphatic carbocycles. The maximum atomic E-state index is 6.16. The molecule has 3 nitrogen and oxygen atoms in total. The van der Waals surface area contributed by atoms with E-state index in [0.717, 1.165) is 13.1 Å². The van der Waals surface area contributed by atoms with Gasteiger partial charge in [-0.25, -0.2) is 0 Å². The fraction of sp³-hybridized carbons (Fsp3) is 0.647. The van der Waals surface area contributed by atoms with Gasteiger partial charge in [0.15, 0.2) is 0 Å². The highest BCUT2D eigenvalue weighted by Crippen LogP contribution is 2.36. The number of rotatable bonds is 3. The predicted molar refractivity (Wildman–Crippen MR) is 83.3 cm³/mol. The second-order valence-electron chi connectivity index (χ2n) is 6.67. The van der Waals surface area contributed by atoms with Crippen molar-refractivity contribution in [2.45, 2.75) is 50.9 Å². The largest absolute Gasteiger partial charge is 0.371 e. The quantitative estimate of drug-likeness (QED) is 0.916. The maximum absolute atomic E-state index is 6.16. The molecule has 0 amide bonds. The smallest absolute Gasteiger partial charge is 0.0758 e. The lowest BCUT2D eigenvalue weighted by Gasteiger charge is -2.37. The molecular weight excluding hydrogens is 248 g/mol. The lowest BCUT2D eigenvalue weighted by molar-refractivity contribution is -0.0117. The predicted octanol–water partition coefficient (Wildman–Crippen LogP) is 3.11. The van der Waals surface area contributed by atoms with Crippen molar-refractivity contribution < 1.29 is 4.74 Å². The standard InChI is InChI=1S/C17H26N2O/c1-17(2)10-8-13(20-17)12-19-11-9-15(18-3)14-6-4-5-7-16(14)19/h4-7,13,15,18H,8-12H2,1-3H3. The van der Waals surface area contributed by atoms with E-state index in [1.54, 1.807) is 0 Å². The summed E-state index contributed by atoms with van der Waals surface area (Å²) < 4.78 is 6.16. The van der Waals surface area contributed by atoms with Crippen LogP contribution < -0.4 is 10.2 Å². The van der Waals surface area contributed by atoms with Gasteiger partial charge in [-0.15, -0.1) is 0 Å². The fourth-order valence-electron chi connectivity index (χ4n) is 3.57. The van der Waals surface area contributed by atoms with Crippen LogP contribution in [0.2, 0.25) is 0 Å². The van der Waals surface area contributed by atoms with E-state index in [2.05, 4.69) is 55.4 Å². The Morgan fingerprint density at radius 1 is 1.30 bits per heavy atom. The van der Waals surface area contributed by atoms with Crippen molar-refractivity contribution >= 4 is 5.69 Å². The van der Waals surface area contributed by atoms with Crippen LogP contribution in [0.1, 0.15) is 44.7 Å². The third kappa shape index (κ3) is 2.70. The molecule has 1 N–H and O–H groups in total. The highest BCUT2D eigenvalue weighted by molar-refractivity contribution is 5.57. The Balaban J connectivity index is 1.75. The van der Waals surface area contributed by atoms with E-state index in [-0.39, 0.29) is 5.60 Å². The maximum Gasteiger partial charge on any atom is 0.0758 e. The van der Waals surface area contributed by atoms with Gasteiger partial charge >= 0.3 is 0 Å². The molecule has 2 heterocycles. The van der Waals surface area contributed by atoms with E-state index >= 15 is 0 Å². The highest BCUT2D eigenvalue weighted by atomic mass is 16.5. The fourth-order valence-corrected chi connectivity index (χ4v) is 3.57. The number of fused-ring (bicyclic) bond motifs is 1. The van der Waals surface area contributed by atoms with Crippen molar-refractivity contribution in [1.82, 2.24) is 5.32 Å². The molecule has 0 radical (unpaired) electrons. The summed E-state index contributed by atoms with van der Waals surface area (Å²) in [7, 11) is 2.06. The van der Waals surface area contributed by atoms with E-state index in [0.29, 0.717) is 12.1 Å². The Morgan fingerprint density at radius 3 is 2.80 bits per heavy atom. The first-order valence-electron chi connectivity index (χ1n) is 7.78. The van der Waals surface area contributed by atoms with Crippen LogP contribution in [-0.4, -0.2) is 31.8 Å². The van der Waals surface area contributed by atoms with Gasteiger partial charge in [-0.2, -0.15) is 0 Å². The number of nitrogens with one attached hydrogen (secondary N) is 1. The average molecular weight is 274 g/mol. The van der Waals surface area contributed by atoms with E-state index in [9.17, 15) is 0 Å². The van der Waals surface area contributed by atoms with Crippen LogP contribution in [0.4, 0.5) is 5.69 Å². The van der Waals surface area contributed by atoms with Crippen LogP contribution in [0.3, 0.4) is 0 Å². The first-order chi connectivity index (χ1) is 9.59. The van der Waals surface area contributed by atoms with Crippen molar-refractivity contribution in [2.75, 3.05) is 25.0 Å². The van der Waals surface area contributed by atoms with Gasteiger partial charge in [0.05, 0.1) is 11.7 Å². The molecule has 1 aromatic carbocycles. The van der Waals surface area contributed by atoms with Crippen LogP contribution in [0.15, 0.2) is 24.3 Å². The zero-order valence-electron chi connectivity index (χ0n) is 12.9. The van der Waals surface area contributed by atoms with Crippen LogP contribution in [0.25, 0.3) is 0 Å². The molecule has 0 aromatic heterocycles. The molecule has 2 atom stereocenters. The number of hydrogen-bond acceptors (Lipinski definition) is 3. The van der Waals surface area contributed by atoms with Crippen LogP contribution in [0.5, 0.6) is 0 Å². The Kier molecular flexibility index (Phi) is 3.74. The molecule has 0 bridgehead atoms. The molecule has 1 fully saturated rings. The molecule has 110 valence electrons. The van der Waals surface area contributed by atoms with E-state index in [4.69, 9.17) is 4.74 Å². The molecule has 3 heteroatoms. The van der Waals surface area contributed by atoms with Gasteiger partial charge in [-0.05, 0) is 51.8 Å². The van der Waals surface area contributed by atoms with Crippen molar-refractivity contribution in [3.05, 3.63) is 29.8 Å². The van der Waals surface area contributed by atoms with Gasteiger partial charge in [0, 0.05) is 24.8 Å². The molecule has 2 aliphatic heterocycles. The van der Waals surface area contributed by atoms with Gasteiger partial charge < -0.3 is 15.0 Å². The topological polar surface area (TPSA) is 24.5 Å². The van der Waals surface area contributed by atoms with Crippen LogP contribution in [0, 0.1) is 0 Å². The zero-order valence-corrected chi connectivity index (χ0v) is 12.9. The molecule has 2 aliphatic rings. The first-order valence-corrected chi connectivity index (χ1v) is 7.78. The zero-order chi connectivity index (χ0) is 14.2. The monoisotopic (exact) mass is 274 g/mol. The second kappa shape index (κ2) is 5.38. The minimum Gasteiger partial charge on any atom is -0.371 e. The molecule has 2 unspecified atom stereocenters. The molecule has 3 rings (SSSR count). The van der Waals surface area contributed by atoms with Gasteiger partial charge in [0.1, 0.15) is 0 Å². The van der Waals surface area contributed by atoms with E-state index in [1.165, 1.54) is 30.5 Å². The Labute approximate surface area is 122 Å². The Hall–Kier alpha value is -1.06. The summed E-state index contributed by atoms with van der Waals surface area (Å²) in [5, 5.41) is 3.43. The van der Waals surface area contributed by atoms with Crippen molar-refractivity contribution in [3.8, 4) is 0 Å². The van der Waals surface area contributed by atoms with Crippen molar-refractivity contribution in [1.29, 1.82) is 0 Å². The number of anilines is 1. The number of nitrogens with zero attached hydrogens (tertiary/aromatic N) is 1. The summed E-state index contributed by atoms with van der Waals surface area (Å²) in [6.07, 6.45) is 3.90. The summed E-state index contributed by atoms with van der Waals surface area (Å²) in [4.78, 5) is 2.51. The van der Waals surface area contributed by atoms with E-state index in [1.807, 2.05) is 0 Å². The van der Waals surface area contributed by atoms with Gasteiger partial charge in [-0.3, -0.25) is 0 Å². The van der Waals surface area contributed by atoms with Crippen LogP contribution >= 0.6 is 0 Å². The molecule has 1 saturated heterocycles. The third-order valence-electron chi connectivity index (χ3n) is 4.67. The van der Waals surface area contributed by atoms with Crippen molar-refractivity contribution in [3.63, 3.8) is 0 Å². The second-order valence-corrected chi connectivity index (χ2v) is 6.67. The summed E-state index contributed by atoms with van der Waals surface area (Å²) >= 11 is 0. The van der Waals surface area contributed by atoms with Gasteiger partial charge in [0.2, 0.25) is 0 Å². The molecule has 0 saturated carbocycles. The molecule has 20 heavy (non-hydrogen) atoms. The number of hydrogen-bond donors (Lipinski definition) is 1. The summed E-state index contributed by atoms with van der Waals surface area (Å²) in [6, 6.07) is 9.27. The minimum absolute atomic E-state index is 0.0630. The Morgan fingerprint density at radius 2 is 2.10 bits per heavy atom. The molecule has 1 aromatic rings. The normalized spacial score (nSPS) is 28.4. The summed E-state index contributed by atoms with van der Waals surface area (Å²) in [5.74, 6) is 0. The third-order valence-corrected chi connectivity index (χ3v) is 4.67. The number of para-hydroxylation sites is 1. The van der Waals surface area contributed by atoms with Gasteiger partial charge in [0.25, 0.3) is 0 Å². The lowest BCUT2D eigenvalue weighted by atomic mass is 9.96. The van der Waals surface area contributed by atoms with E-state index < -0.39 is 0 Å². The van der Waals surface area contributed by atoms with Crippen molar-refractivity contribution in [2.24, 2.45) is 0 Å². The SMILES string of the molecule is CNC1CCN(CC2CCC(C)(C)O2)c2ccccc21. The summed E-state index contributed by atoms with van der Waals surface area (Å²) in [5.41, 5.74) is 2.87. The summed E-state index contributed by atoms with van der Waals surface area (Å²) in [6.45, 7) is 6.54. The average Bonchev–Trinajstić information content (AvgIpc) is 2.78. The Bertz CT molecular complexity index is 472.